The maximum atomic E-state index is 1.63. The molecule has 0 bridgehead atoms. The van der Waals surface area contributed by atoms with E-state index < -0.39 is 0 Å². The van der Waals surface area contributed by atoms with E-state index in [0.29, 0.717) is 0 Å². The molecule has 0 heterocycles. The maximum absolute atomic E-state index is 1.63. The molecular weight excluding hydrogens is 156 g/mol. The molecule has 3 unspecified atom stereocenters. The van der Waals surface area contributed by atoms with Crippen LogP contribution in [0.2, 0.25) is 0 Å². The highest BCUT2D eigenvalue weighted by Gasteiger charge is 2.92. The van der Waals surface area contributed by atoms with Crippen molar-refractivity contribution < 1.29 is 0 Å². The molecule has 0 aromatic rings. The standard InChI is InChI=1S/C13H20/c1-3-7-12(8-4-1)11-10-6-2-5-9-13(10,11)12/h10-11H,1-9H2. The van der Waals surface area contributed by atoms with Crippen LogP contribution in [0.25, 0.3) is 0 Å². The van der Waals surface area contributed by atoms with Crippen molar-refractivity contribution in [3.05, 3.63) is 0 Å². The zero-order valence-electron chi connectivity index (χ0n) is 8.52. The summed E-state index contributed by atoms with van der Waals surface area (Å²) >= 11 is 0. The minimum Gasteiger partial charge on any atom is -0.0533 e. The molecule has 0 aliphatic heterocycles. The van der Waals surface area contributed by atoms with Crippen LogP contribution in [0.5, 0.6) is 0 Å². The summed E-state index contributed by atoms with van der Waals surface area (Å²) in [6.07, 6.45) is 14.2. The Morgan fingerprint density at radius 3 is 2.31 bits per heavy atom. The first-order chi connectivity index (χ1) is 6.42. The van der Waals surface area contributed by atoms with Crippen molar-refractivity contribution in [3.63, 3.8) is 0 Å². The summed E-state index contributed by atoms with van der Waals surface area (Å²) in [5, 5.41) is 0. The molecule has 0 radical (unpaired) electrons. The van der Waals surface area contributed by atoms with Crippen molar-refractivity contribution in [2.45, 2.75) is 57.8 Å². The highest BCUT2D eigenvalue weighted by atomic mass is 15.0. The molecule has 4 aliphatic rings. The van der Waals surface area contributed by atoms with E-state index in [0.717, 1.165) is 10.8 Å². The lowest BCUT2D eigenvalue weighted by Gasteiger charge is -2.37. The normalized spacial score (nSPS) is 55.4. The van der Waals surface area contributed by atoms with Crippen LogP contribution in [-0.2, 0) is 0 Å². The summed E-state index contributed by atoms with van der Waals surface area (Å²) in [7, 11) is 0. The largest absolute Gasteiger partial charge is 0.0533 e. The van der Waals surface area contributed by atoms with Crippen molar-refractivity contribution in [2.75, 3.05) is 0 Å². The zero-order valence-corrected chi connectivity index (χ0v) is 8.52. The molecule has 0 amide bonds. The van der Waals surface area contributed by atoms with Crippen LogP contribution in [0.4, 0.5) is 0 Å². The lowest BCUT2D eigenvalue weighted by molar-refractivity contribution is 0.127. The molecule has 4 aliphatic carbocycles. The van der Waals surface area contributed by atoms with Crippen LogP contribution in [0.1, 0.15) is 57.8 Å². The van der Waals surface area contributed by atoms with Gasteiger partial charge in [-0.05, 0) is 48.3 Å². The third-order valence-corrected chi connectivity index (χ3v) is 6.05. The van der Waals surface area contributed by atoms with Crippen LogP contribution in [-0.4, -0.2) is 0 Å². The molecule has 0 aromatic heterocycles. The van der Waals surface area contributed by atoms with Crippen LogP contribution in [0.15, 0.2) is 0 Å². The second-order valence-corrected chi connectivity index (χ2v) is 6.09. The third kappa shape index (κ3) is 0.593. The first-order valence-corrected chi connectivity index (χ1v) is 6.42. The number of hydrogen-bond acceptors (Lipinski definition) is 0. The van der Waals surface area contributed by atoms with E-state index in [1.807, 2.05) is 0 Å². The average molecular weight is 176 g/mol. The minimum absolute atomic E-state index is 0.955. The van der Waals surface area contributed by atoms with Gasteiger partial charge >= 0.3 is 0 Å². The molecule has 4 saturated carbocycles. The Hall–Kier alpha value is 0. The van der Waals surface area contributed by atoms with E-state index >= 15 is 0 Å². The summed E-state index contributed by atoms with van der Waals surface area (Å²) < 4.78 is 0. The van der Waals surface area contributed by atoms with Gasteiger partial charge in [0.1, 0.15) is 0 Å². The first kappa shape index (κ1) is 7.31. The molecule has 4 fully saturated rings. The van der Waals surface area contributed by atoms with E-state index in [1.165, 1.54) is 18.3 Å². The summed E-state index contributed by atoms with van der Waals surface area (Å²) in [4.78, 5) is 0. The van der Waals surface area contributed by atoms with Crippen molar-refractivity contribution >= 4 is 0 Å². The van der Waals surface area contributed by atoms with E-state index in [4.69, 9.17) is 0 Å². The highest BCUT2D eigenvalue weighted by molar-refractivity contribution is 5.39. The van der Waals surface area contributed by atoms with E-state index in [1.54, 1.807) is 51.4 Å². The van der Waals surface area contributed by atoms with E-state index in [-0.39, 0.29) is 0 Å². The predicted molar refractivity (Wildman–Crippen MR) is 53.4 cm³/mol. The van der Waals surface area contributed by atoms with Crippen molar-refractivity contribution in [1.29, 1.82) is 0 Å². The monoisotopic (exact) mass is 176 g/mol. The second-order valence-electron chi connectivity index (χ2n) is 6.09. The van der Waals surface area contributed by atoms with Crippen LogP contribution in [0.3, 0.4) is 0 Å². The topological polar surface area (TPSA) is 0 Å². The number of hydrogen-bond donors (Lipinski definition) is 0. The molecule has 0 nitrogen and oxygen atoms in total. The molecule has 72 valence electrons. The quantitative estimate of drug-likeness (QED) is 0.527. The van der Waals surface area contributed by atoms with Crippen molar-refractivity contribution in [1.82, 2.24) is 0 Å². The minimum atomic E-state index is 0.955. The average Bonchev–Trinajstić information content (AvgIpc) is 3.03. The van der Waals surface area contributed by atoms with Gasteiger partial charge in [0, 0.05) is 0 Å². The molecule has 3 atom stereocenters. The van der Waals surface area contributed by atoms with Crippen molar-refractivity contribution in [2.24, 2.45) is 22.7 Å². The Bertz CT molecular complexity index is 236. The fraction of sp³-hybridized carbons (Fsp3) is 1.00. The van der Waals surface area contributed by atoms with Gasteiger partial charge in [-0.1, -0.05) is 32.1 Å². The van der Waals surface area contributed by atoms with Gasteiger partial charge in [0.05, 0.1) is 0 Å². The Morgan fingerprint density at radius 1 is 0.769 bits per heavy atom. The highest BCUT2D eigenvalue weighted by Crippen LogP contribution is 2.97. The van der Waals surface area contributed by atoms with Gasteiger partial charge in [0.15, 0.2) is 0 Å². The maximum Gasteiger partial charge on any atom is -0.0170 e. The Morgan fingerprint density at radius 2 is 1.54 bits per heavy atom. The Balaban J connectivity index is 1.61. The molecule has 0 saturated heterocycles. The van der Waals surface area contributed by atoms with Crippen LogP contribution < -0.4 is 0 Å². The van der Waals surface area contributed by atoms with Gasteiger partial charge in [0.2, 0.25) is 0 Å². The zero-order chi connectivity index (χ0) is 8.52. The predicted octanol–water partition coefficient (Wildman–Crippen LogP) is 3.76. The summed E-state index contributed by atoms with van der Waals surface area (Å²) in [6, 6.07) is 0. The third-order valence-electron chi connectivity index (χ3n) is 6.05. The van der Waals surface area contributed by atoms with Crippen LogP contribution in [0, 0.1) is 22.7 Å². The van der Waals surface area contributed by atoms with Gasteiger partial charge in [-0.25, -0.2) is 0 Å². The van der Waals surface area contributed by atoms with Crippen molar-refractivity contribution in [3.8, 4) is 0 Å². The smallest absolute Gasteiger partial charge is 0.0170 e. The number of fused-ring (bicyclic) bond motifs is 2. The first-order valence-electron chi connectivity index (χ1n) is 6.42. The Labute approximate surface area is 81.1 Å². The molecule has 0 aromatic carbocycles. The fourth-order valence-corrected chi connectivity index (χ4v) is 5.66. The molecule has 2 spiro atoms. The second kappa shape index (κ2) is 1.99. The molecule has 0 heteroatoms. The summed E-state index contributed by atoms with van der Waals surface area (Å²) in [6.45, 7) is 0. The van der Waals surface area contributed by atoms with E-state index in [2.05, 4.69) is 0 Å². The number of rotatable bonds is 0. The van der Waals surface area contributed by atoms with Gasteiger partial charge in [-0.2, -0.15) is 0 Å². The lowest BCUT2D eigenvalue weighted by atomic mass is 9.67. The summed E-state index contributed by atoms with van der Waals surface area (Å²) in [5.41, 5.74) is 1.93. The fourth-order valence-electron chi connectivity index (χ4n) is 5.66. The molecule has 4 rings (SSSR count). The molecular formula is C13H20. The van der Waals surface area contributed by atoms with Gasteiger partial charge in [-0.15, -0.1) is 0 Å². The van der Waals surface area contributed by atoms with E-state index in [9.17, 15) is 0 Å². The summed E-state index contributed by atoms with van der Waals surface area (Å²) in [5.74, 6) is 2.49. The van der Waals surface area contributed by atoms with Gasteiger partial charge in [0.25, 0.3) is 0 Å². The molecule has 0 N–H and O–H groups in total. The lowest BCUT2D eigenvalue weighted by Crippen LogP contribution is -2.28. The van der Waals surface area contributed by atoms with Gasteiger partial charge < -0.3 is 0 Å². The Kier molecular flexibility index (Phi) is 1.12. The molecule has 13 heavy (non-hydrogen) atoms. The van der Waals surface area contributed by atoms with Crippen LogP contribution >= 0.6 is 0 Å². The SMILES string of the molecule is C1CCC2(CC1)C1C3CCCCC312. The van der Waals surface area contributed by atoms with Gasteiger partial charge in [-0.3, -0.25) is 0 Å².